The Morgan fingerprint density at radius 2 is 2.18 bits per heavy atom. The highest BCUT2D eigenvalue weighted by Gasteiger charge is 2.12. The minimum Gasteiger partial charge on any atom is -0.297 e. The van der Waals surface area contributed by atoms with E-state index in [1.165, 1.54) is 6.07 Å². The molecule has 88 valence electrons. The van der Waals surface area contributed by atoms with Crippen molar-refractivity contribution in [3.63, 3.8) is 0 Å². The van der Waals surface area contributed by atoms with Crippen molar-refractivity contribution in [2.75, 3.05) is 0 Å². The Morgan fingerprint density at radius 1 is 1.41 bits per heavy atom. The van der Waals surface area contributed by atoms with Crippen LogP contribution in [-0.4, -0.2) is 11.3 Å². The number of thiazole rings is 1. The zero-order chi connectivity index (χ0) is 12.4. The minimum atomic E-state index is -0.672. The second-order valence-corrected chi connectivity index (χ2v) is 5.61. The fraction of sp³-hybridized carbons (Fsp3) is 0. The number of aromatic nitrogens is 1. The Bertz CT molecular complexity index is 573. The lowest BCUT2D eigenvalue weighted by Gasteiger charge is -1.99. The van der Waals surface area contributed by atoms with Crippen molar-refractivity contribution < 1.29 is 13.6 Å². The Kier molecular flexibility index (Phi) is 3.76. The summed E-state index contributed by atoms with van der Waals surface area (Å²) in [4.78, 5) is 15.0. The number of carbonyl (C=O) groups is 1. The highest BCUT2D eigenvalue weighted by molar-refractivity contribution is 8.01. The highest BCUT2D eigenvalue weighted by atomic mass is 35.5. The molecule has 1 heterocycles. The predicted molar refractivity (Wildman–Crippen MR) is 63.0 cm³/mol. The van der Waals surface area contributed by atoms with Crippen molar-refractivity contribution in [2.45, 2.75) is 9.24 Å². The van der Waals surface area contributed by atoms with Gasteiger partial charge in [0, 0.05) is 6.07 Å². The van der Waals surface area contributed by atoms with Gasteiger partial charge in [-0.2, -0.15) is 0 Å². The predicted octanol–water partition coefficient (Wildman–Crippen LogP) is 4.04. The molecule has 1 aromatic heterocycles. The average Bonchev–Trinajstić information content (AvgIpc) is 2.63. The number of aldehydes is 1. The van der Waals surface area contributed by atoms with Crippen LogP contribution in [0.25, 0.3) is 0 Å². The number of hydrogen-bond donors (Lipinski definition) is 0. The van der Waals surface area contributed by atoms with Crippen molar-refractivity contribution in [3.8, 4) is 0 Å². The molecule has 0 amide bonds. The summed E-state index contributed by atoms with van der Waals surface area (Å²) in [6, 6.07) is 3.25. The molecule has 2 aromatic rings. The van der Waals surface area contributed by atoms with Crippen molar-refractivity contribution in [1.29, 1.82) is 0 Å². The first kappa shape index (κ1) is 12.5. The van der Waals surface area contributed by atoms with Crippen LogP contribution in [0.15, 0.2) is 27.4 Å². The van der Waals surface area contributed by atoms with E-state index in [-0.39, 0.29) is 14.9 Å². The fourth-order valence-electron chi connectivity index (χ4n) is 1.06. The molecule has 0 saturated heterocycles. The van der Waals surface area contributed by atoms with Crippen LogP contribution in [0, 0.1) is 11.6 Å². The zero-order valence-corrected chi connectivity index (χ0v) is 10.5. The van der Waals surface area contributed by atoms with Gasteiger partial charge in [-0.3, -0.25) is 4.79 Å². The van der Waals surface area contributed by atoms with Gasteiger partial charge >= 0.3 is 0 Å². The van der Waals surface area contributed by atoms with Crippen molar-refractivity contribution in [3.05, 3.63) is 39.9 Å². The molecule has 0 spiro atoms. The quantitative estimate of drug-likeness (QED) is 0.800. The molecule has 0 N–H and O–H groups in total. The molecule has 0 bridgehead atoms. The van der Waals surface area contributed by atoms with Gasteiger partial charge in [-0.1, -0.05) is 23.4 Å². The third kappa shape index (κ3) is 2.83. The van der Waals surface area contributed by atoms with E-state index in [0.29, 0.717) is 10.6 Å². The Hall–Kier alpha value is -0.980. The van der Waals surface area contributed by atoms with Crippen molar-refractivity contribution in [1.82, 2.24) is 4.98 Å². The summed E-state index contributed by atoms with van der Waals surface area (Å²) in [5.41, 5.74) is 0. The Morgan fingerprint density at radius 3 is 2.76 bits per heavy atom. The van der Waals surface area contributed by atoms with Gasteiger partial charge in [-0.25, -0.2) is 13.8 Å². The van der Waals surface area contributed by atoms with Crippen LogP contribution in [0.2, 0.25) is 5.15 Å². The van der Waals surface area contributed by atoms with Gasteiger partial charge in [0.05, 0.1) is 4.90 Å². The number of benzene rings is 1. The molecular weight excluding hydrogens is 288 g/mol. The maximum atomic E-state index is 13.3. The first-order valence-corrected chi connectivity index (χ1v) is 6.35. The van der Waals surface area contributed by atoms with E-state index in [2.05, 4.69) is 4.98 Å². The van der Waals surface area contributed by atoms with Gasteiger partial charge in [-0.05, 0) is 12.1 Å². The molecule has 0 unspecified atom stereocenters. The van der Waals surface area contributed by atoms with Gasteiger partial charge in [0.1, 0.15) is 16.5 Å². The third-order valence-electron chi connectivity index (χ3n) is 1.79. The van der Waals surface area contributed by atoms with Crippen molar-refractivity contribution in [2.24, 2.45) is 0 Å². The van der Waals surface area contributed by atoms with E-state index in [1.54, 1.807) is 0 Å². The fourth-order valence-corrected chi connectivity index (χ4v) is 3.23. The molecule has 0 radical (unpaired) electrons. The van der Waals surface area contributed by atoms with Gasteiger partial charge in [0.2, 0.25) is 0 Å². The molecule has 2 rings (SSSR count). The topological polar surface area (TPSA) is 30.0 Å². The summed E-state index contributed by atoms with van der Waals surface area (Å²) in [6.07, 6.45) is 0.588. The number of nitrogens with zero attached hydrogens (tertiary/aromatic N) is 1. The van der Waals surface area contributed by atoms with Crippen LogP contribution in [0.3, 0.4) is 0 Å². The molecule has 17 heavy (non-hydrogen) atoms. The standard InChI is InChI=1S/C10H4ClF2NOS2/c11-9-8(4-15)17-10(14-9)16-7-2-1-5(12)3-6(7)13/h1-4H. The van der Waals surface area contributed by atoms with Gasteiger partial charge in [0.25, 0.3) is 0 Å². The SMILES string of the molecule is O=Cc1sc(Sc2ccc(F)cc2F)nc1Cl. The van der Waals surface area contributed by atoms with E-state index >= 15 is 0 Å². The maximum absolute atomic E-state index is 13.3. The van der Waals surface area contributed by atoms with Gasteiger partial charge < -0.3 is 0 Å². The molecule has 0 aliphatic rings. The maximum Gasteiger partial charge on any atom is 0.163 e. The lowest BCUT2D eigenvalue weighted by Crippen LogP contribution is -1.82. The summed E-state index contributed by atoms with van der Waals surface area (Å²) < 4.78 is 26.5. The molecule has 2 nitrogen and oxygen atoms in total. The molecule has 0 aliphatic heterocycles. The van der Waals surface area contributed by atoms with Crippen molar-refractivity contribution >= 4 is 41.0 Å². The molecule has 0 saturated carbocycles. The number of rotatable bonds is 3. The molecule has 0 atom stereocenters. The van der Waals surface area contributed by atoms with E-state index in [4.69, 9.17) is 11.6 Å². The van der Waals surface area contributed by atoms with Crippen LogP contribution in [0.4, 0.5) is 8.78 Å². The monoisotopic (exact) mass is 291 g/mol. The summed E-state index contributed by atoms with van der Waals surface area (Å²) in [5, 5.41) is 0.0926. The Labute approximate surface area is 109 Å². The molecule has 7 heteroatoms. The highest BCUT2D eigenvalue weighted by Crippen LogP contribution is 2.35. The largest absolute Gasteiger partial charge is 0.297 e. The molecule has 1 aromatic carbocycles. The van der Waals surface area contributed by atoms with E-state index in [1.807, 2.05) is 0 Å². The normalized spacial score (nSPS) is 10.5. The lowest BCUT2D eigenvalue weighted by molar-refractivity contribution is 0.112. The second kappa shape index (κ2) is 5.12. The summed E-state index contributed by atoms with van der Waals surface area (Å²) in [6.45, 7) is 0. The van der Waals surface area contributed by atoms with E-state index in [9.17, 15) is 13.6 Å². The molecular formula is C10H4ClF2NOS2. The lowest BCUT2D eigenvalue weighted by atomic mass is 10.3. The van der Waals surface area contributed by atoms with Crippen LogP contribution < -0.4 is 0 Å². The minimum absolute atomic E-state index is 0.0926. The number of halogens is 3. The smallest absolute Gasteiger partial charge is 0.163 e. The Balaban J connectivity index is 2.28. The van der Waals surface area contributed by atoms with Crippen LogP contribution in [0.1, 0.15) is 9.67 Å². The summed E-state index contributed by atoms with van der Waals surface area (Å²) >= 11 is 7.73. The summed E-state index contributed by atoms with van der Waals surface area (Å²) in [5.74, 6) is -1.31. The molecule has 0 aliphatic carbocycles. The van der Waals surface area contributed by atoms with E-state index in [0.717, 1.165) is 35.2 Å². The van der Waals surface area contributed by atoms with Crippen LogP contribution >= 0.6 is 34.7 Å². The van der Waals surface area contributed by atoms with E-state index < -0.39 is 11.6 Å². The molecule has 0 fully saturated rings. The number of carbonyl (C=O) groups excluding carboxylic acids is 1. The van der Waals surface area contributed by atoms with Gasteiger partial charge in [0.15, 0.2) is 15.8 Å². The first-order chi connectivity index (χ1) is 8.10. The third-order valence-corrected chi connectivity index (χ3v) is 4.28. The van der Waals surface area contributed by atoms with Gasteiger partial charge in [-0.15, -0.1) is 11.3 Å². The van der Waals surface area contributed by atoms with Crippen LogP contribution in [-0.2, 0) is 0 Å². The first-order valence-electron chi connectivity index (χ1n) is 4.34. The van der Waals surface area contributed by atoms with Crippen LogP contribution in [0.5, 0.6) is 0 Å². The average molecular weight is 292 g/mol. The number of hydrogen-bond acceptors (Lipinski definition) is 4. The second-order valence-electron chi connectivity index (χ2n) is 2.93. The summed E-state index contributed by atoms with van der Waals surface area (Å²) in [7, 11) is 0. The zero-order valence-electron chi connectivity index (χ0n) is 8.12.